The van der Waals surface area contributed by atoms with Crippen molar-refractivity contribution >= 4 is 41.3 Å². The highest BCUT2D eigenvalue weighted by atomic mass is 127. The lowest BCUT2D eigenvalue weighted by Crippen LogP contribution is -2.36. The number of hydrogen-bond acceptors (Lipinski definition) is 5. The summed E-state index contributed by atoms with van der Waals surface area (Å²) in [6.07, 6.45) is -1.40. The van der Waals surface area contributed by atoms with E-state index in [1.807, 2.05) is 0 Å². The molecule has 12 heteroatoms. The van der Waals surface area contributed by atoms with E-state index in [4.69, 9.17) is 4.74 Å². The van der Waals surface area contributed by atoms with Gasteiger partial charge in [-0.25, -0.2) is 9.37 Å². The van der Waals surface area contributed by atoms with Crippen LogP contribution in [0.4, 0.5) is 17.6 Å². The normalized spacial score (nSPS) is 11.6. The van der Waals surface area contributed by atoms with Gasteiger partial charge in [-0.05, 0) is 29.8 Å². The summed E-state index contributed by atoms with van der Waals surface area (Å²) in [7, 11) is 1.52. The van der Waals surface area contributed by atoms with Crippen LogP contribution in [0.1, 0.15) is 16.3 Å². The highest BCUT2D eigenvalue weighted by molar-refractivity contribution is 14.0. The first-order valence-corrected chi connectivity index (χ1v) is 9.55. The van der Waals surface area contributed by atoms with E-state index in [-0.39, 0.29) is 47.8 Å². The minimum Gasteiger partial charge on any atom is -0.453 e. The van der Waals surface area contributed by atoms with Crippen molar-refractivity contribution in [1.82, 2.24) is 20.6 Å². The molecule has 2 heterocycles. The lowest BCUT2D eigenvalue weighted by molar-refractivity contribution is -0.140. The Morgan fingerprint density at radius 2 is 1.97 bits per heavy atom. The van der Waals surface area contributed by atoms with Gasteiger partial charge in [-0.1, -0.05) is 6.07 Å². The Hall–Kier alpha value is -2.48. The molecule has 31 heavy (non-hydrogen) atoms. The SMILES string of the molecule is CN=C(NCc1ccc(Oc2cccnc2)c(F)c1)NCc1nc(C(F)(F)F)cs1.I. The Labute approximate surface area is 196 Å². The van der Waals surface area contributed by atoms with E-state index in [0.717, 1.165) is 16.7 Å². The van der Waals surface area contributed by atoms with E-state index in [1.54, 1.807) is 24.4 Å². The van der Waals surface area contributed by atoms with E-state index in [9.17, 15) is 17.6 Å². The molecule has 0 atom stereocenters. The van der Waals surface area contributed by atoms with Crippen LogP contribution in [0.25, 0.3) is 0 Å². The molecule has 0 bridgehead atoms. The van der Waals surface area contributed by atoms with E-state index >= 15 is 0 Å². The minimum absolute atomic E-state index is 0. The zero-order valence-electron chi connectivity index (χ0n) is 16.1. The lowest BCUT2D eigenvalue weighted by Gasteiger charge is -2.12. The summed E-state index contributed by atoms with van der Waals surface area (Å²) in [6.45, 7) is 0.322. The zero-order valence-corrected chi connectivity index (χ0v) is 19.3. The van der Waals surface area contributed by atoms with Gasteiger partial charge in [0.1, 0.15) is 10.8 Å². The Morgan fingerprint density at radius 1 is 1.19 bits per heavy atom. The number of hydrogen-bond donors (Lipinski definition) is 2. The van der Waals surface area contributed by atoms with Crippen molar-refractivity contribution in [1.29, 1.82) is 0 Å². The van der Waals surface area contributed by atoms with Crippen LogP contribution in [0.5, 0.6) is 11.5 Å². The van der Waals surface area contributed by atoms with Gasteiger partial charge in [0.25, 0.3) is 0 Å². The topological polar surface area (TPSA) is 71.4 Å². The number of ether oxygens (including phenoxy) is 1. The molecule has 0 aliphatic rings. The summed E-state index contributed by atoms with van der Waals surface area (Å²) in [5.74, 6) is 0.291. The van der Waals surface area contributed by atoms with Gasteiger partial charge < -0.3 is 15.4 Å². The summed E-state index contributed by atoms with van der Waals surface area (Å²) >= 11 is 0.903. The molecule has 0 saturated carbocycles. The number of aromatic nitrogens is 2. The Bertz CT molecular complexity index is 1010. The molecular weight excluding hydrogens is 549 g/mol. The molecule has 0 amide bonds. The highest BCUT2D eigenvalue weighted by Crippen LogP contribution is 2.30. The smallest absolute Gasteiger partial charge is 0.434 e. The van der Waals surface area contributed by atoms with Crippen LogP contribution < -0.4 is 15.4 Å². The van der Waals surface area contributed by atoms with Crippen LogP contribution in [0.2, 0.25) is 0 Å². The first kappa shape index (κ1) is 24.8. The van der Waals surface area contributed by atoms with Crippen molar-refractivity contribution in [2.24, 2.45) is 4.99 Å². The van der Waals surface area contributed by atoms with E-state index in [1.165, 1.54) is 25.4 Å². The number of alkyl halides is 3. The first-order valence-electron chi connectivity index (χ1n) is 8.67. The second-order valence-corrected chi connectivity index (χ2v) is 6.90. The summed E-state index contributed by atoms with van der Waals surface area (Å²) in [5, 5.41) is 7.07. The van der Waals surface area contributed by atoms with Gasteiger partial charge in [0.15, 0.2) is 23.2 Å². The van der Waals surface area contributed by atoms with Crippen molar-refractivity contribution in [3.63, 3.8) is 0 Å². The van der Waals surface area contributed by atoms with E-state index < -0.39 is 17.7 Å². The van der Waals surface area contributed by atoms with E-state index in [2.05, 4.69) is 25.6 Å². The maximum atomic E-state index is 14.3. The van der Waals surface area contributed by atoms with Crippen LogP contribution in [0, 0.1) is 5.82 Å². The highest BCUT2D eigenvalue weighted by Gasteiger charge is 2.33. The molecule has 166 valence electrons. The molecule has 3 rings (SSSR count). The predicted octanol–water partition coefficient (Wildman–Crippen LogP) is 4.97. The van der Waals surface area contributed by atoms with Gasteiger partial charge in [0, 0.05) is 25.2 Å². The minimum atomic E-state index is -4.47. The van der Waals surface area contributed by atoms with Gasteiger partial charge in [-0.2, -0.15) is 13.2 Å². The number of aliphatic imine (C=N–C) groups is 1. The molecule has 0 radical (unpaired) electrons. The lowest BCUT2D eigenvalue weighted by atomic mass is 10.2. The molecule has 2 N–H and O–H groups in total. The fourth-order valence-electron chi connectivity index (χ4n) is 2.36. The molecule has 0 aliphatic heterocycles. The van der Waals surface area contributed by atoms with Gasteiger partial charge >= 0.3 is 6.18 Å². The third-order valence-corrected chi connectivity index (χ3v) is 4.64. The molecule has 3 aromatic rings. The van der Waals surface area contributed by atoms with Gasteiger partial charge in [-0.15, -0.1) is 35.3 Å². The number of nitrogens with one attached hydrogen (secondary N) is 2. The second-order valence-electron chi connectivity index (χ2n) is 5.96. The Balaban J connectivity index is 0.00000341. The number of nitrogens with zero attached hydrogens (tertiary/aromatic N) is 3. The monoisotopic (exact) mass is 567 g/mol. The van der Waals surface area contributed by atoms with Crippen molar-refractivity contribution in [3.05, 3.63) is 70.2 Å². The van der Waals surface area contributed by atoms with Crippen LogP contribution in [-0.2, 0) is 19.3 Å². The molecule has 0 spiro atoms. The molecule has 6 nitrogen and oxygen atoms in total. The van der Waals surface area contributed by atoms with Gasteiger partial charge in [0.2, 0.25) is 0 Å². The second kappa shape index (κ2) is 11.2. The quantitative estimate of drug-likeness (QED) is 0.191. The maximum absolute atomic E-state index is 14.3. The number of pyridine rings is 1. The molecular formula is C19H18F4IN5OS. The number of thiazole rings is 1. The van der Waals surface area contributed by atoms with Gasteiger partial charge in [0.05, 0.1) is 12.7 Å². The average molecular weight is 567 g/mol. The number of halogens is 5. The molecule has 2 aromatic heterocycles. The third kappa shape index (κ3) is 7.31. The Kier molecular flexibility index (Phi) is 8.98. The van der Waals surface area contributed by atoms with Crippen LogP contribution in [0.3, 0.4) is 0 Å². The molecule has 0 fully saturated rings. The largest absolute Gasteiger partial charge is 0.453 e. The van der Waals surface area contributed by atoms with Gasteiger partial charge in [-0.3, -0.25) is 9.98 Å². The predicted molar refractivity (Wildman–Crippen MR) is 120 cm³/mol. The fraction of sp³-hybridized carbons (Fsp3) is 0.211. The zero-order chi connectivity index (χ0) is 21.6. The Morgan fingerprint density at radius 3 is 2.58 bits per heavy atom. The van der Waals surface area contributed by atoms with Crippen molar-refractivity contribution < 1.29 is 22.3 Å². The van der Waals surface area contributed by atoms with Crippen LogP contribution >= 0.6 is 35.3 Å². The van der Waals surface area contributed by atoms with Crippen LogP contribution in [-0.4, -0.2) is 23.0 Å². The molecule has 0 unspecified atom stereocenters. The summed E-state index contributed by atoms with van der Waals surface area (Å²) in [4.78, 5) is 11.4. The number of guanidine groups is 1. The standard InChI is InChI=1S/C19H17F4N5OS.HI/c1-24-18(27-10-17-28-16(11-30-17)19(21,22)23)26-8-12-4-5-15(14(20)7-12)29-13-3-2-6-25-9-13;/h2-7,9,11H,8,10H2,1H3,(H2,24,26,27);1H. The summed E-state index contributed by atoms with van der Waals surface area (Å²) < 4.78 is 57.5. The fourth-order valence-corrected chi connectivity index (χ4v) is 3.10. The third-order valence-electron chi connectivity index (χ3n) is 3.79. The van der Waals surface area contributed by atoms with Crippen molar-refractivity contribution in [3.8, 4) is 11.5 Å². The summed E-state index contributed by atoms with van der Waals surface area (Å²) in [5.41, 5.74) is -0.293. The maximum Gasteiger partial charge on any atom is 0.434 e. The molecule has 0 saturated heterocycles. The number of benzene rings is 1. The van der Waals surface area contributed by atoms with Crippen molar-refractivity contribution in [2.45, 2.75) is 19.3 Å². The van der Waals surface area contributed by atoms with Crippen LogP contribution in [0.15, 0.2) is 53.1 Å². The number of rotatable bonds is 6. The molecule has 1 aromatic carbocycles. The van der Waals surface area contributed by atoms with Crippen molar-refractivity contribution in [2.75, 3.05) is 7.05 Å². The molecule has 0 aliphatic carbocycles. The average Bonchev–Trinajstić information content (AvgIpc) is 3.20. The summed E-state index contributed by atoms with van der Waals surface area (Å²) in [6, 6.07) is 7.86. The van der Waals surface area contributed by atoms with E-state index in [0.29, 0.717) is 17.3 Å². The first-order chi connectivity index (χ1) is 14.3.